The summed E-state index contributed by atoms with van der Waals surface area (Å²) >= 11 is 0. The van der Waals surface area contributed by atoms with Crippen LogP contribution >= 0.6 is 0 Å². The maximum Gasteiger partial charge on any atom is 0.255 e. The highest BCUT2D eigenvalue weighted by Gasteiger charge is 2.23. The van der Waals surface area contributed by atoms with Crippen LogP contribution in [0.1, 0.15) is 42.4 Å². The molecule has 2 aromatic heterocycles. The number of amides is 1. The number of nitrogens with zero attached hydrogens (tertiary/aromatic N) is 5. The Bertz CT molecular complexity index is 993. The molecule has 0 radical (unpaired) electrons. The van der Waals surface area contributed by atoms with Gasteiger partial charge in [0.15, 0.2) is 5.82 Å². The van der Waals surface area contributed by atoms with Gasteiger partial charge in [-0.05, 0) is 31.4 Å². The summed E-state index contributed by atoms with van der Waals surface area (Å²) in [5, 5.41) is 16.1. The van der Waals surface area contributed by atoms with E-state index in [1.54, 1.807) is 10.9 Å². The molecule has 1 N–H and O–H groups in total. The molecule has 152 valence electrons. The number of aryl methyl sites for hydroxylation is 2. The zero-order valence-electron chi connectivity index (χ0n) is 16.8. The third-order valence-electron chi connectivity index (χ3n) is 5.14. The van der Waals surface area contributed by atoms with Crippen LogP contribution in [-0.4, -0.2) is 43.1 Å². The second-order valence-corrected chi connectivity index (χ2v) is 7.34. The van der Waals surface area contributed by atoms with Gasteiger partial charge in [-0.3, -0.25) is 9.48 Å². The number of carbonyl (C=O) groups is 1. The number of carbonyl (C=O) groups excluding carboxylic acids is 1. The standard InChI is InChI=1S/C21H26N6O2/c1-3-12-29-18-7-5-4-6-17(18)21(28)23-16-8-9-19-24-25-20(27(19)11-10-16)15-13-22-26(2)14-15/h4-7,13-14,16H,3,8-12H2,1-2H3,(H,23,28). The second kappa shape index (κ2) is 8.46. The first kappa shape index (κ1) is 19.2. The van der Waals surface area contributed by atoms with E-state index in [0.717, 1.165) is 49.4 Å². The number of nitrogens with one attached hydrogen (secondary N) is 1. The fourth-order valence-electron chi connectivity index (χ4n) is 3.64. The number of benzene rings is 1. The topological polar surface area (TPSA) is 86.9 Å². The van der Waals surface area contributed by atoms with Gasteiger partial charge in [-0.25, -0.2) is 0 Å². The van der Waals surface area contributed by atoms with Crippen molar-refractivity contribution in [2.24, 2.45) is 7.05 Å². The van der Waals surface area contributed by atoms with Crippen molar-refractivity contribution in [3.05, 3.63) is 48.0 Å². The molecule has 8 heteroatoms. The minimum atomic E-state index is -0.0909. The number of rotatable bonds is 6. The lowest BCUT2D eigenvalue weighted by Gasteiger charge is -2.17. The van der Waals surface area contributed by atoms with Gasteiger partial charge in [0.05, 0.1) is 23.9 Å². The monoisotopic (exact) mass is 394 g/mol. The highest BCUT2D eigenvalue weighted by atomic mass is 16.5. The van der Waals surface area contributed by atoms with Crippen molar-refractivity contribution < 1.29 is 9.53 Å². The van der Waals surface area contributed by atoms with Gasteiger partial charge in [0.25, 0.3) is 5.91 Å². The van der Waals surface area contributed by atoms with Crippen molar-refractivity contribution in [3.8, 4) is 17.1 Å². The van der Waals surface area contributed by atoms with Gasteiger partial charge >= 0.3 is 0 Å². The molecule has 0 saturated heterocycles. The predicted molar refractivity (Wildman–Crippen MR) is 109 cm³/mol. The first-order chi connectivity index (χ1) is 14.2. The zero-order valence-corrected chi connectivity index (χ0v) is 16.8. The molecule has 1 unspecified atom stereocenters. The molecule has 3 heterocycles. The van der Waals surface area contributed by atoms with E-state index >= 15 is 0 Å². The number of hydrogen-bond acceptors (Lipinski definition) is 5. The molecular weight excluding hydrogens is 368 g/mol. The molecule has 0 bridgehead atoms. The van der Waals surface area contributed by atoms with Crippen LogP contribution in [0.3, 0.4) is 0 Å². The van der Waals surface area contributed by atoms with Crippen molar-refractivity contribution in [2.75, 3.05) is 6.61 Å². The molecule has 0 spiro atoms. The minimum absolute atomic E-state index is 0.0742. The van der Waals surface area contributed by atoms with Gasteiger partial charge in [0.2, 0.25) is 0 Å². The van der Waals surface area contributed by atoms with Crippen LogP contribution in [0.4, 0.5) is 0 Å². The summed E-state index contributed by atoms with van der Waals surface area (Å²) in [6.07, 6.45) is 7.06. The van der Waals surface area contributed by atoms with E-state index in [1.807, 2.05) is 44.4 Å². The first-order valence-electron chi connectivity index (χ1n) is 10.1. The Labute approximate surface area is 169 Å². The summed E-state index contributed by atoms with van der Waals surface area (Å²) in [5.74, 6) is 2.33. The maximum absolute atomic E-state index is 12.9. The summed E-state index contributed by atoms with van der Waals surface area (Å²) in [5.41, 5.74) is 1.54. The molecule has 1 atom stereocenters. The van der Waals surface area contributed by atoms with Gasteiger partial charge in [0.1, 0.15) is 11.6 Å². The van der Waals surface area contributed by atoms with Gasteiger partial charge < -0.3 is 14.6 Å². The summed E-state index contributed by atoms with van der Waals surface area (Å²) in [7, 11) is 1.89. The molecule has 1 amide bonds. The number of aromatic nitrogens is 5. The number of para-hydroxylation sites is 1. The van der Waals surface area contributed by atoms with Crippen molar-refractivity contribution in [1.82, 2.24) is 29.9 Å². The average molecular weight is 394 g/mol. The van der Waals surface area contributed by atoms with E-state index in [0.29, 0.717) is 17.9 Å². The summed E-state index contributed by atoms with van der Waals surface area (Å²) in [4.78, 5) is 12.9. The zero-order chi connectivity index (χ0) is 20.2. The number of fused-ring (bicyclic) bond motifs is 1. The van der Waals surface area contributed by atoms with E-state index in [1.165, 1.54) is 0 Å². The second-order valence-electron chi connectivity index (χ2n) is 7.34. The van der Waals surface area contributed by atoms with Crippen LogP contribution in [-0.2, 0) is 20.0 Å². The molecule has 29 heavy (non-hydrogen) atoms. The Morgan fingerprint density at radius 1 is 1.28 bits per heavy atom. The van der Waals surface area contributed by atoms with Crippen LogP contribution in [0.25, 0.3) is 11.4 Å². The predicted octanol–water partition coefficient (Wildman–Crippen LogP) is 2.60. The van der Waals surface area contributed by atoms with Crippen LogP contribution < -0.4 is 10.1 Å². The smallest absolute Gasteiger partial charge is 0.255 e. The van der Waals surface area contributed by atoms with Gasteiger partial charge in [-0.2, -0.15) is 5.10 Å². The minimum Gasteiger partial charge on any atom is -0.493 e. The van der Waals surface area contributed by atoms with E-state index in [2.05, 4.69) is 25.2 Å². The Kier molecular flexibility index (Phi) is 5.59. The first-order valence-corrected chi connectivity index (χ1v) is 10.1. The molecule has 0 aliphatic carbocycles. The quantitative estimate of drug-likeness (QED) is 0.694. The van der Waals surface area contributed by atoms with E-state index in [9.17, 15) is 4.79 Å². The van der Waals surface area contributed by atoms with Gasteiger partial charge in [-0.15, -0.1) is 10.2 Å². The van der Waals surface area contributed by atoms with E-state index in [-0.39, 0.29) is 11.9 Å². The summed E-state index contributed by atoms with van der Waals surface area (Å²) < 4.78 is 9.63. The SMILES string of the molecule is CCCOc1ccccc1C(=O)NC1CCc2nnc(-c3cnn(C)c3)n2CC1. The molecule has 0 fully saturated rings. The Balaban J connectivity index is 1.45. The summed E-state index contributed by atoms with van der Waals surface area (Å²) in [6.45, 7) is 3.40. The molecule has 1 aliphatic heterocycles. The maximum atomic E-state index is 12.9. The normalized spacial score (nSPS) is 16.1. The Morgan fingerprint density at radius 2 is 2.14 bits per heavy atom. The van der Waals surface area contributed by atoms with Crippen LogP contribution in [0.15, 0.2) is 36.7 Å². The average Bonchev–Trinajstić information content (AvgIpc) is 3.29. The molecule has 0 saturated carbocycles. The molecule has 3 aromatic rings. The largest absolute Gasteiger partial charge is 0.493 e. The fraction of sp³-hybridized carbons (Fsp3) is 0.429. The van der Waals surface area contributed by atoms with Crippen LogP contribution in [0, 0.1) is 0 Å². The summed E-state index contributed by atoms with van der Waals surface area (Å²) in [6, 6.07) is 7.48. The van der Waals surface area contributed by atoms with Crippen molar-refractivity contribution >= 4 is 5.91 Å². The van der Waals surface area contributed by atoms with Crippen molar-refractivity contribution in [2.45, 2.75) is 45.2 Å². The third kappa shape index (κ3) is 4.16. The molecule has 4 rings (SSSR count). The lowest BCUT2D eigenvalue weighted by atomic mass is 10.1. The number of ether oxygens (including phenoxy) is 1. The van der Waals surface area contributed by atoms with Crippen molar-refractivity contribution in [1.29, 1.82) is 0 Å². The lowest BCUT2D eigenvalue weighted by Crippen LogP contribution is -2.35. The molecule has 8 nitrogen and oxygen atoms in total. The molecule has 1 aliphatic rings. The third-order valence-corrected chi connectivity index (χ3v) is 5.14. The lowest BCUT2D eigenvalue weighted by molar-refractivity contribution is 0.0929. The van der Waals surface area contributed by atoms with Gasteiger partial charge in [-0.1, -0.05) is 19.1 Å². The van der Waals surface area contributed by atoms with Crippen molar-refractivity contribution in [3.63, 3.8) is 0 Å². The molecular formula is C21H26N6O2. The van der Waals surface area contributed by atoms with E-state index < -0.39 is 0 Å². The Morgan fingerprint density at radius 3 is 2.93 bits per heavy atom. The highest BCUT2D eigenvalue weighted by molar-refractivity contribution is 5.97. The number of hydrogen-bond donors (Lipinski definition) is 1. The molecule has 1 aromatic carbocycles. The van der Waals surface area contributed by atoms with Crippen LogP contribution in [0.2, 0.25) is 0 Å². The van der Waals surface area contributed by atoms with Gasteiger partial charge in [0, 0.05) is 32.3 Å². The highest BCUT2D eigenvalue weighted by Crippen LogP contribution is 2.23. The fourth-order valence-corrected chi connectivity index (χ4v) is 3.64. The van der Waals surface area contributed by atoms with Crippen LogP contribution in [0.5, 0.6) is 5.75 Å². The Hall–Kier alpha value is -3.16. The van der Waals surface area contributed by atoms with E-state index in [4.69, 9.17) is 4.74 Å².